The van der Waals surface area contributed by atoms with E-state index in [4.69, 9.17) is 4.74 Å². The van der Waals surface area contributed by atoms with E-state index in [-0.39, 0.29) is 18.0 Å². The molecule has 2 amide bonds. The van der Waals surface area contributed by atoms with Gasteiger partial charge in [0.1, 0.15) is 17.7 Å². The standard InChI is InChI=1S/C16H18FN3O2/c1-12(22-15-7-5-13(17)6-8-15)10-19-16(21)20-11-14-4-2-3-9-18-14/h2-9,12H,10-11H2,1H3,(H2,19,20,21)/t12-/m1/s1. The zero-order chi connectivity index (χ0) is 15.8. The molecule has 0 aliphatic carbocycles. The zero-order valence-electron chi connectivity index (χ0n) is 12.3. The van der Waals surface area contributed by atoms with E-state index in [9.17, 15) is 9.18 Å². The first-order valence-corrected chi connectivity index (χ1v) is 6.97. The quantitative estimate of drug-likeness (QED) is 0.862. The van der Waals surface area contributed by atoms with Crippen molar-refractivity contribution in [3.05, 3.63) is 60.2 Å². The lowest BCUT2D eigenvalue weighted by Gasteiger charge is -2.15. The molecule has 2 N–H and O–H groups in total. The summed E-state index contributed by atoms with van der Waals surface area (Å²) in [7, 11) is 0. The van der Waals surface area contributed by atoms with Crippen molar-refractivity contribution in [2.24, 2.45) is 0 Å². The van der Waals surface area contributed by atoms with Crippen LogP contribution in [0.5, 0.6) is 5.75 Å². The number of benzene rings is 1. The third-order valence-electron chi connectivity index (χ3n) is 2.86. The number of pyridine rings is 1. The molecule has 0 saturated carbocycles. The van der Waals surface area contributed by atoms with Gasteiger partial charge in [-0.1, -0.05) is 6.07 Å². The Kier molecular flexibility index (Phi) is 5.71. The summed E-state index contributed by atoms with van der Waals surface area (Å²) < 4.78 is 18.3. The van der Waals surface area contributed by atoms with Gasteiger partial charge in [0, 0.05) is 6.20 Å². The second kappa shape index (κ2) is 7.97. The molecule has 2 rings (SSSR count). The van der Waals surface area contributed by atoms with Gasteiger partial charge < -0.3 is 15.4 Å². The van der Waals surface area contributed by atoms with Gasteiger partial charge in [0.2, 0.25) is 0 Å². The van der Waals surface area contributed by atoms with Gasteiger partial charge in [-0.2, -0.15) is 0 Å². The molecule has 0 bridgehead atoms. The summed E-state index contributed by atoms with van der Waals surface area (Å²) in [6, 6.07) is 11.0. The molecule has 22 heavy (non-hydrogen) atoms. The Morgan fingerprint density at radius 1 is 1.23 bits per heavy atom. The zero-order valence-corrected chi connectivity index (χ0v) is 12.3. The highest BCUT2D eigenvalue weighted by Gasteiger charge is 2.07. The molecule has 0 unspecified atom stereocenters. The van der Waals surface area contributed by atoms with Gasteiger partial charge >= 0.3 is 6.03 Å². The first kappa shape index (κ1) is 15.8. The first-order valence-electron chi connectivity index (χ1n) is 6.97. The smallest absolute Gasteiger partial charge is 0.315 e. The second-order valence-electron chi connectivity index (χ2n) is 4.77. The number of amides is 2. The van der Waals surface area contributed by atoms with Crippen molar-refractivity contribution >= 4 is 6.03 Å². The molecule has 5 nitrogen and oxygen atoms in total. The van der Waals surface area contributed by atoms with Crippen LogP contribution in [0.25, 0.3) is 0 Å². The highest BCUT2D eigenvalue weighted by molar-refractivity contribution is 5.73. The Morgan fingerprint density at radius 3 is 2.68 bits per heavy atom. The van der Waals surface area contributed by atoms with Crippen LogP contribution in [-0.2, 0) is 6.54 Å². The van der Waals surface area contributed by atoms with Crippen LogP contribution in [0, 0.1) is 5.82 Å². The number of carbonyl (C=O) groups excluding carboxylic acids is 1. The normalized spacial score (nSPS) is 11.5. The highest BCUT2D eigenvalue weighted by atomic mass is 19.1. The summed E-state index contributed by atoms with van der Waals surface area (Å²) in [5.74, 6) is 0.247. The molecule has 0 aliphatic rings. The second-order valence-corrected chi connectivity index (χ2v) is 4.77. The molecule has 1 aromatic carbocycles. The molecule has 2 aromatic rings. The monoisotopic (exact) mass is 303 g/mol. The minimum atomic E-state index is -0.313. The number of halogens is 1. The maximum Gasteiger partial charge on any atom is 0.315 e. The molecule has 0 fully saturated rings. The molecule has 0 spiro atoms. The van der Waals surface area contributed by atoms with E-state index in [1.807, 2.05) is 25.1 Å². The molecule has 6 heteroatoms. The number of nitrogens with zero attached hydrogens (tertiary/aromatic N) is 1. The Hall–Kier alpha value is -2.63. The van der Waals surface area contributed by atoms with E-state index in [0.29, 0.717) is 18.8 Å². The van der Waals surface area contributed by atoms with Crippen LogP contribution in [-0.4, -0.2) is 23.7 Å². The molecule has 1 aromatic heterocycles. The maximum atomic E-state index is 12.8. The Bertz CT molecular complexity index is 590. The molecular formula is C16H18FN3O2. The van der Waals surface area contributed by atoms with Crippen molar-refractivity contribution in [1.29, 1.82) is 0 Å². The summed E-state index contributed by atoms with van der Waals surface area (Å²) >= 11 is 0. The lowest BCUT2D eigenvalue weighted by atomic mass is 10.3. The Labute approximate surface area is 128 Å². The van der Waals surface area contributed by atoms with Gasteiger partial charge in [0.15, 0.2) is 0 Å². The largest absolute Gasteiger partial charge is 0.489 e. The molecule has 0 radical (unpaired) electrons. The first-order chi connectivity index (χ1) is 10.6. The van der Waals surface area contributed by atoms with E-state index < -0.39 is 0 Å². The average Bonchev–Trinajstić information content (AvgIpc) is 2.54. The Morgan fingerprint density at radius 2 is 2.00 bits per heavy atom. The molecule has 1 heterocycles. The van der Waals surface area contributed by atoms with Crippen molar-refractivity contribution in [3.63, 3.8) is 0 Å². The molecular weight excluding hydrogens is 285 g/mol. The van der Waals surface area contributed by atoms with Gasteiger partial charge in [-0.25, -0.2) is 9.18 Å². The lowest BCUT2D eigenvalue weighted by molar-refractivity contribution is 0.207. The predicted octanol–water partition coefficient (Wildman–Crippen LogP) is 2.49. The van der Waals surface area contributed by atoms with Gasteiger partial charge in [-0.3, -0.25) is 4.98 Å². The summed E-state index contributed by atoms with van der Waals surface area (Å²) in [4.78, 5) is 15.8. The van der Waals surface area contributed by atoms with Crippen LogP contribution >= 0.6 is 0 Å². The number of hydrogen-bond donors (Lipinski definition) is 2. The number of urea groups is 1. The van der Waals surface area contributed by atoms with Crippen LogP contribution in [0.2, 0.25) is 0 Å². The van der Waals surface area contributed by atoms with Crippen molar-refractivity contribution in [2.75, 3.05) is 6.54 Å². The summed E-state index contributed by atoms with van der Waals surface area (Å²) in [5, 5.41) is 5.42. The van der Waals surface area contributed by atoms with E-state index in [0.717, 1.165) is 5.69 Å². The van der Waals surface area contributed by atoms with Crippen molar-refractivity contribution in [2.45, 2.75) is 19.6 Å². The fourth-order valence-corrected chi connectivity index (χ4v) is 1.76. The van der Waals surface area contributed by atoms with Gasteiger partial charge in [-0.05, 0) is 43.3 Å². The number of nitrogens with one attached hydrogen (secondary N) is 2. The molecule has 0 saturated heterocycles. The molecule has 0 aliphatic heterocycles. The Balaban J connectivity index is 1.68. The third kappa shape index (κ3) is 5.40. The molecule has 116 valence electrons. The van der Waals surface area contributed by atoms with Crippen LogP contribution in [0.1, 0.15) is 12.6 Å². The fraction of sp³-hybridized carbons (Fsp3) is 0.250. The van der Waals surface area contributed by atoms with Crippen LogP contribution < -0.4 is 15.4 Å². The van der Waals surface area contributed by atoms with Gasteiger partial charge in [-0.15, -0.1) is 0 Å². The fourth-order valence-electron chi connectivity index (χ4n) is 1.76. The topological polar surface area (TPSA) is 63.2 Å². The van der Waals surface area contributed by atoms with Crippen LogP contribution in [0.15, 0.2) is 48.7 Å². The lowest BCUT2D eigenvalue weighted by Crippen LogP contribution is -2.40. The van der Waals surface area contributed by atoms with E-state index in [1.54, 1.807) is 18.3 Å². The van der Waals surface area contributed by atoms with Gasteiger partial charge in [0.05, 0.1) is 18.8 Å². The minimum Gasteiger partial charge on any atom is -0.489 e. The van der Waals surface area contributed by atoms with E-state index >= 15 is 0 Å². The predicted molar refractivity (Wildman–Crippen MR) is 81.0 cm³/mol. The summed E-state index contributed by atoms with van der Waals surface area (Å²) in [6.45, 7) is 2.52. The SMILES string of the molecule is C[C@H](CNC(=O)NCc1ccccn1)Oc1ccc(F)cc1. The number of hydrogen-bond acceptors (Lipinski definition) is 3. The molecule has 1 atom stereocenters. The number of rotatable bonds is 6. The average molecular weight is 303 g/mol. The number of carbonyl (C=O) groups is 1. The number of aromatic nitrogens is 1. The van der Waals surface area contributed by atoms with Crippen LogP contribution in [0.4, 0.5) is 9.18 Å². The van der Waals surface area contributed by atoms with Crippen molar-refractivity contribution in [3.8, 4) is 5.75 Å². The minimum absolute atomic E-state index is 0.230. The highest BCUT2D eigenvalue weighted by Crippen LogP contribution is 2.12. The van der Waals surface area contributed by atoms with Crippen LogP contribution in [0.3, 0.4) is 0 Å². The van der Waals surface area contributed by atoms with Gasteiger partial charge in [0.25, 0.3) is 0 Å². The summed E-state index contributed by atoms with van der Waals surface area (Å²) in [5.41, 5.74) is 0.785. The van der Waals surface area contributed by atoms with E-state index in [1.165, 1.54) is 12.1 Å². The van der Waals surface area contributed by atoms with E-state index in [2.05, 4.69) is 15.6 Å². The number of ether oxygens (including phenoxy) is 1. The summed E-state index contributed by atoms with van der Waals surface area (Å²) in [6.07, 6.45) is 1.44. The maximum absolute atomic E-state index is 12.8. The third-order valence-corrected chi connectivity index (χ3v) is 2.86. The van der Waals surface area contributed by atoms with Crippen molar-refractivity contribution in [1.82, 2.24) is 15.6 Å². The van der Waals surface area contributed by atoms with Crippen molar-refractivity contribution < 1.29 is 13.9 Å².